The number of hydrogen-bond donors (Lipinski definition) is 0. The normalized spacial score (nSPS) is 22.3. The molecule has 1 saturated carbocycles. The molecule has 8 nitrogen and oxygen atoms in total. The maximum absolute atomic E-state index is 14.6. The predicted octanol–water partition coefficient (Wildman–Crippen LogP) is 6.13. The number of likely N-dealkylation sites (tertiary alicyclic amines) is 2. The van der Waals surface area contributed by atoms with Crippen LogP contribution in [0.2, 0.25) is 0 Å². The van der Waals surface area contributed by atoms with Gasteiger partial charge in [-0.1, -0.05) is 13.8 Å². The SMILES string of the molecule is CCN(C(=O)c1cc(F)ccc1-n1cc(CC2CN(C(C(C)C)[C@H]3C[C@H](N4CCC(S(C)(=O)=O)CC4)C3)C2)c2c(C)cncc21)C(C)C. The summed E-state index contributed by atoms with van der Waals surface area (Å²) in [5.41, 5.74) is 4.33. The molecule has 0 spiro atoms. The van der Waals surface area contributed by atoms with Crippen LogP contribution in [-0.4, -0.2) is 101 Å². The molecule has 3 aromatic rings. The van der Waals surface area contributed by atoms with E-state index in [4.69, 9.17) is 0 Å². The van der Waals surface area contributed by atoms with Crippen molar-refractivity contribution in [2.45, 2.75) is 97.0 Å². The fourth-order valence-electron chi connectivity index (χ4n) is 9.02. The molecular formula is C38H54FN5O3S. The number of benzene rings is 1. The van der Waals surface area contributed by atoms with Crippen molar-refractivity contribution in [1.29, 1.82) is 0 Å². The van der Waals surface area contributed by atoms with Gasteiger partial charge in [0.05, 0.1) is 28.2 Å². The third kappa shape index (κ3) is 6.81. The number of nitrogens with zero attached hydrogens (tertiary/aromatic N) is 5. The van der Waals surface area contributed by atoms with Crippen molar-refractivity contribution in [3.05, 3.63) is 59.3 Å². The van der Waals surface area contributed by atoms with E-state index in [9.17, 15) is 17.6 Å². The van der Waals surface area contributed by atoms with Gasteiger partial charge in [0.2, 0.25) is 0 Å². The summed E-state index contributed by atoms with van der Waals surface area (Å²) in [5, 5.41) is 1.00. The Morgan fingerprint density at radius 2 is 1.77 bits per heavy atom. The molecule has 3 fully saturated rings. The third-order valence-electron chi connectivity index (χ3n) is 11.5. The highest BCUT2D eigenvalue weighted by molar-refractivity contribution is 7.91. The van der Waals surface area contributed by atoms with Gasteiger partial charge >= 0.3 is 0 Å². The van der Waals surface area contributed by atoms with Crippen LogP contribution in [0.1, 0.15) is 81.8 Å². The second kappa shape index (κ2) is 13.8. The zero-order chi connectivity index (χ0) is 34.5. The van der Waals surface area contributed by atoms with Gasteiger partial charge in [-0.25, -0.2) is 12.8 Å². The van der Waals surface area contributed by atoms with E-state index in [1.165, 1.54) is 42.2 Å². The average molecular weight is 680 g/mol. The molecule has 262 valence electrons. The fourth-order valence-corrected chi connectivity index (χ4v) is 10.1. The van der Waals surface area contributed by atoms with E-state index in [1.807, 2.05) is 37.7 Å². The Bertz CT molecular complexity index is 1730. The van der Waals surface area contributed by atoms with Crippen LogP contribution in [0.5, 0.6) is 0 Å². The second-order valence-corrected chi connectivity index (χ2v) is 17.8. The van der Waals surface area contributed by atoms with Gasteiger partial charge in [-0.05, 0) is 120 Å². The van der Waals surface area contributed by atoms with Crippen LogP contribution >= 0.6 is 0 Å². The molecule has 1 aliphatic carbocycles. The first kappa shape index (κ1) is 35.0. The number of rotatable bonds is 11. The first-order chi connectivity index (χ1) is 22.8. The van der Waals surface area contributed by atoms with Crippen LogP contribution in [0.15, 0.2) is 36.8 Å². The Morgan fingerprint density at radius 1 is 1.08 bits per heavy atom. The summed E-state index contributed by atoms with van der Waals surface area (Å²) in [4.78, 5) is 25.2. The molecular weight excluding hydrogens is 626 g/mol. The van der Waals surface area contributed by atoms with E-state index in [1.54, 1.807) is 11.0 Å². The van der Waals surface area contributed by atoms with E-state index < -0.39 is 15.7 Å². The summed E-state index contributed by atoms with van der Waals surface area (Å²) >= 11 is 0. The lowest BCUT2D eigenvalue weighted by molar-refractivity contribution is -0.0482. The number of amides is 1. The van der Waals surface area contributed by atoms with Crippen molar-refractivity contribution in [2.75, 3.05) is 39.0 Å². The molecule has 1 aromatic carbocycles. The van der Waals surface area contributed by atoms with E-state index in [-0.39, 0.29) is 17.2 Å². The molecule has 1 amide bonds. The Labute approximate surface area is 286 Å². The van der Waals surface area contributed by atoms with Crippen molar-refractivity contribution >= 4 is 26.6 Å². The highest BCUT2D eigenvalue weighted by Gasteiger charge is 2.45. The van der Waals surface area contributed by atoms with Crippen LogP contribution in [0.25, 0.3) is 16.6 Å². The maximum Gasteiger partial charge on any atom is 0.256 e. The number of carbonyl (C=O) groups excluding carboxylic acids is 1. The first-order valence-electron chi connectivity index (χ1n) is 18.0. The summed E-state index contributed by atoms with van der Waals surface area (Å²) < 4.78 is 40.7. The quantitative estimate of drug-likeness (QED) is 0.243. The van der Waals surface area contributed by atoms with Crippen molar-refractivity contribution in [1.82, 2.24) is 24.3 Å². The number of fused-ring (bicyclic) bond motifs is 1. The van der Waals surface area contributed by atoms with Gasteiger partial charge in [0.25, 0.3) is 5.91 Å². The molecule has 3 aliphatic rings. The van der Waals surface area contributed by atoms with Gasteiger partial charge in [0.1, 0.15) is 15.7 Å². The van der Waals surface area contributed by atoms with Crippen molar-refractivity contribution < 1.29 is 17.6 Å². The summed E-state index contributed by atoms with van der Waals surface area (Å²) in [7, 11) is -2.94. The van der Waals surface area contributed by atoms with Gasteiger partial charge in [-0.2, -0.15) is 0 Å². The molecule has 0 N–H and O–H groups in total. The third-order valence-corrected chi connectivity index (χ3v) is 13.2. The van der Waals surface area contributed by atoms with Crippen molar-refractivity contribution in [3.8, 4) is 5.69 Å². The van der Waals surface area contributed by atoms with Crippen LogP contribution in [-0.2, 0) is 16.3 Å². The topological polar surface area (TPSA) is 78.8 Å². The zero-order valence-electron chi connectivity index (χ0n) is 29.8. The summed E-state index contributed by atoms with van der Waals surface area (Å²) in [6, 6.07) is 5.68. The lowest BCUT2D eigenvalue weighted by Crippen LogP contribution is -2.61. The lowest BCUT2D eigenvalue weighted by Gasteiger charge is -2.55. The molecule has 48 heavy (non-hydrogen) atoms. The van der Waals surface area contributed by atoms with E-state index in [0.29, 0.717) is 47.6 Å². The Balaban J connectivity index is 1.16. The van der Waals surface area contributed by atoms with E-state index in [2.05, 4.69) is 41.8 Å². The Hall–Kier alpha value is -2.82. The zero-order valence-corrected chi connectivity index (χ0v) is 30.6. The first-order valence-corrected chi connectivity index (χ1v) is 19.9. The molecule has 1 unspecified atom stereocenters. The number of aryl methyl sites for hydroxylation is 1. The van der Waals surface area contributed by atoms with Crippen LogP contribution < -0.4 is 0 Å². The van der Waals surface area contributed by atoms with Crippen LogP contribution in [0, 0.1) is 30.5 Å². The van der Waals surface area contributed by atoms with E-state index in [0.717, 1.165) is 56.5 Å². The largest absolute Gasteiger partial charge is 0.336 e. The van der Waals surface area contributed by atoms with E-state index >= 15 is 0 Å². The van der Waals surface area contributed by atoms with Gasteiger partial charge < -0.3 is 14.4 Å². The number of pyridine rings is 1. The smallest absolute Gasteiger partial charge is 0.256 e. The van der Waals surface area contributed by atoms with Crippen molar-refractivity contribution in [3.63, 3.8) is 0 Å². The lowest BCUT2D eigenvalue weighted by atomic mass is 9.69. The number of aromatic nitrogens is 2. The molecule has 10 heteroatoms. The summed E-state index contributed by atoms with van der Waals surface area (Å²) in [6.07, 6.45) is 12.2. The maximum atomic E-state index is 14.6. The summed E-state index contributed by atoms with van der Waals surface area (Å²) in [6.45, 7) is 17.2. The molecule has 2 saturated heterocycles. The second-order valence-electron chi connectivity index (χ2n) is 15.4. The predicted molar refractivity (Wildman–Crippen MR) is 191 cm³/mol. The minimum Gasteiger partial charge on any atom is -0.336 e. The van der Waals surface area contributed by atoms with Gasteiger partial charge in [0, 0.05) is 61.8 Å². The summed E-state index contributed by atoms with van der Waals surface area (Å²) in [5.74, 6) is 1.20. The highest BCUT2D eigenvalue weighted by Crippen LogP contribution is 2.42. The number of sulfone groups is 1. The molecule has 0 radical (unpaired) electrons. The average Bonchev–Trinajstić information content (AvgIpc) is 3.35. The number of piperidine rings is 1. The highest BCUT2D eigenvalue weighted by atomic mass is 32.2. The van der Waals surface area contributed by atoms with Gasteiger partial charge in [0.15, 0.2) is 0 Å². The molecule has 4 heterocycles. The number of halogens is 1. The molecule has 1 atom stereocenters. The van der Waals surface area contributed by atoms with Gasteiger partial charge in [-0.3, -0.25) is 14.7 Å². The minimum absolute atomic E-state index is 0.000932. The van der Waals surface area contributed by atoms with Gasteiger partial charge in [-0.15, -0.1) is 0 Å². The molecule has 6 rings (SSSR count). The van der Waals surface area contributed by atoms with Crippen molar-refractivity contribution in [2.24, 2.45) is 17.8 Å². The minimum atomic E-state index is -2.94. The number of hydrogen-bond acceptors (Lipinski definition) is 6. The molecule has 2 aromatic heterocycles. The molecule has 2 aliphatic heterocycles. The molecule has 0 bridgehead atoms. The Kier molecular flexibility index (Phi) is 10.1. The van der Waals surface area contributed by atoms with Crippen LogP contribution in [0.3, 0.4) is 0 Å². The Morgan fingerprint density at radius 3 is 2.38 bits per heavy atom. The van der Waals surface area contributed by atoms with Crippen LogP contribution in [0.4, 0.5) is 4.39 Å². The number of carbonyl (C=O) groups is 1. The fraction of sp³-hybridized carbons (Fsp3) is 0.632. The standard InChI is InChI=1S/C38H54FN5O3S/c1-8-43(25(4)5)38(45)33-18-30(39)9-10-34(33)44-23-29(36-26(6)19-40-20-35(36)44)15-27-21-42(22-27)37(24(2)3)28-16-31(17-28)41-13-11-32(12-14-41)48(7,46)47/h9-10,18-20,23-25,27-28,31-32,37H,8,11-17,21-22H2,1-7H3/t28-,31-,37?. The monoisotopic (exact) mass is 679 g/mol.